The summed E-state index contributed by atoms with van der Waals surface area (Å²) < 4.78 is 51.1. The maximum Gasteiger partial charge on any atom is 0.417 e. The molecule has 0 fully saturated rings. The van der Waals surface area contributed by atoms with Gasteiger partial charge in [-0.25, -0.2) is 4.98 Å². The van der Waals surface area contributed by atoms with Crippen LogP contribution in [0.4, 0.5) is 13.2 Å². The number of rotatable bonds is 7. The van der Waals surface area contributed by atoms with Crippen LogP contribution in [0.2, 0.25) is 5.02 Å². The Morgan fingerprint density at radius 2 is 1.83 bits per heavy atom. The summed E-state index contributed by atoms with van der Waals surface area (Å²) in [4.78, 5) is 9.37. The highest BCUT2D eigenvalue weighted by Crippen LogP contribution is 2.40. The Bertz CT molecular complexity index is 1000. The van der Waals surface area contributed by atoms with Gasteiger partial charge in [0.05, 0.1) is 28.2 Å². The van der Waals surface area contributed by atoms with E-state index in [1.54, 1.807) is 18.2 Å². The number of hydrogen-bond acceptors (Lipinski definition) is 4. The zero-order valence-corrected chi connectivity index (χ0v) is 17.0. The van der Waals surface area contributed by atoms with Gasteiger partial charge in [0.15, 0.2) is 0 Å². The third kappa shape index (κ3) is 4.76. The maximum atomic E-state index is 13.2. The van der Waals surface area contributed by atoms with Crippen molar-refractivity contribution in [2.75, 3.05) is 33.9 Å². The Kier molecular flexibility index (Phi) is 6.24. The summed E-state index contributed by atoms with van der Waals surface area (Å²) in [5.74, 6) is 1.40. The molecule has 1 N–H and O–H groups in total. The van der Waals surface area contributed by atoms with Crippen LogP contribution in [0, 0.1) is 0 Å². The van der Waals surface area contributed by atoms with Crippen LogP contribution in [0.25, 0.3) is 22.4 Å². The average molecular weight is 428 g/mol. The average Bonchev–Trinajstić information content (AvgIpc) is 3.02. The predicted molar refractivity (Wildman–Crippen MR) is 107 cm³/mol. The first-order valence-corrected chi connectivity index (χ1v) is 9.38. The summed E-state index contributed by atoms with van der Waals surface area (Å²) in [6.45, 7) is 3.39. The summed E-state index contributed by atoms with van der Waals surface area (Å²) >= 11 is 5.83. The van der Waals surface area contributed by atoms with Crippen molar-refractivity contribution >= 4 is 22.6 Å². The minimum atomic E-state index is -4.56. The fourth-order valence-corrected chi connectivity index (χ4v) is 3.11. The number of nitrogens with zero attached hydrogens (tertiary/aromatic N) is 2. The molecule has 0 atom stereocenters. The van der Waals surface area contributed by atoms with Crippen molar-refractivity contribution in [3.63, 3.8) is 0 Å². The van der Waals surface area contributed by atoms with Crippen molar-refractivity contribution in [3.05, 3.63) is 40.9 Å². The van der Waals surface area contributed by atoms with Crippen LogP contribution in [-0.2, 0) is 6.18 Å². The molecule has 0 saturated heterocycles. The molecule has 1 aromatic heterocycles. The molecule has 9 heteroatoms. The second-order valence-corrected chi connectivity index (χ2v) is 7.05. The lowest BCUT2D eigenvalue weighted by atomic mass is 10.1. The van der Waals surface area contributed by atoms with Crippen LogP contribution in [-0.4, -0.2) is 48.7 Å². The number of imidazole rings is 1. The van der Waals surface area contributed by atoms with E-state index in [4.69, 9.17) is 21.1 Å². The van der Waals surface area contributed by atoms with Crippen molar-refractivity contribution in [1.29, 1.82) is 0 Å². The number of likely N-dealkylation sites (N-methyl/N-ethyl adjacent to an activating group) is 1. The largest absolute Gasteiger partial charge is 0.493 e. The van der Waals surface area contributed by atoms with Crippen LogP contribution >= 0.6 is 11.6 Å². The van der Waals surface area contributed by atoms with Gasteiger partial charge in [0.25, 0.3) is 0 Å². The minimum Gasteiger partial charge on any atom is -0.493 e. The third-order valence-electron chi connectivity index (χ3n) is 4.20. The predicted octanol–water partition coefficient (Wildman–Crippen LogP) is 5.24. The van der Waals surface area contributed by atoms with Gasteiger partial charge in [-0.3, -0.25) is 0 Å². The van der Waals surface area contributed by atoms with E-state index < -0.39 is 16.8 Å². The molecule has 3 aromatic rings. The van der Waals surface area contributed by atoms with Gasteiger partial charge in [-0.05, 0) is 45.3 Å². The first kappa shape index (κ1) is 21.3. The highest BCUT2D eigenvalue weighted by molar-refractivity contribution is 6.32. The molecule has 0 spiro atoms. The summed E-state index contributed by atoms with van der Waals surface area (Å²) in [7, 11) is 3.87. The van der Waals surface area contributed by atoms with E-state index in [1.165, 1.54) is 6.07 Å². The van der Waals surface area contributed by atoms with E-state index >= 15 is 0 Å². The monoisotopic (exact) mass is 427 g/mol. The summed E-state index contributed by atoms with van der Waals surface area (Å²) in [5, 5.41) is -0.399. The van der Waals surface area contributed by atoms with Gasteiger partial charge >= 0.3 is 6.18 Å². The van der Waals surface area contributed by atoms with Crippen molar-refractivity contribution in [3.8, 4) is 22.9 Å². The fraction of sp³-hybridized carbons (Fsp3) is 0.350. The lowest BCUT2D eigenvalue weighted by Crippen LogP contribution is -2.19. The van der Waals surface area contributed by atoms with Crippen molar-refractivity contribution in [2.24, 2.45) is 0 Å². The zero-order chi connectivity index (χ0) is 21.2. The number of aromatic nitrogens is 2. The first-order chi connectivity index (χ1) is 13.7. The first-order valence-electron chi connectivity index (χ1n) is 9.01. The molecule has 0 bridgehead atoms. The SMILES string of the molecule is CCOc1cccc(OCCN(C)C)c1-c1nc2cc(Cl)c(C(F)(F)F)cc2[nH]1. The molecule has 0 aliphatic carbocycles. The Morgan fingerprint density at radius 1 is 1.14 bits per heavy atom. The molecule has 156 valence electrons. The molecule has 1 heterocycles. The molecular weight excluding hydrogens is 407 g/mol. The molecule has 3 rings (SSSR count). The van der Waals surface area contributed by atoms with Crippen molar-refractivity contribution in [1.82, 2.24) is 14.9 Å². The lowest BCUT2D eigenvalue weighted by Gasteiger charge is -2.16. The van der Waals surface area contributed by atoms with E-state index in [0.717, 1.165) is 6.07 Å². The molecule has 0 saturated carbocycles. The van der Waals surface area contributed by atoms with Gasteiger partial charge in [0.2, 0.25) is 0 Å². The highest BCUT2D eigenvalue weighted by atomic mass is 35.5. The highest BCUT2D eigenvalue weighted by Gasteiger charge is 2.34. The Morgan fingerprint density at radius 3 is 2.45 bits per heavy atom. The second kappa shape index (κ2) is 8.51. The van der Waals surface area contributed by atoms with Gasteiger partial charge in [-0.15, -0.1) is 0 Å². The number of benzene rings is 2. The molecule has 0 amide bonds. The van der Waals surface area contributed by atoms with E-state index in [1.807, 2.05) is 25.9 Å². The van der Waals surface area contributed by atoms with Crippen LogP contribution < -0.4 is 9.47 Å². The molecule has 29 heavy (non-hydrogen) atoms. The normalized spacial score (nSPS) is 12.0. The summed E-state index contributed by atoms with van der Waals surface area (Å²) in [6, 6.07) is 7.49. The van der Waals surface area contributed by atoms with E-state index in [0.29, 0.717) is 48.2 Å². The number of hydrogen-bond donors (Lipinski definition) is 1. The molecule has 2 aromatic carbocycles. The Labute approximate surface area is 171 Å². The van der Waals surface area contributed by atoms with Gasteiger partial charge in [0.1, 0.15) is 29.5 Å². The number of H-pyrrole nitrogens is 1. The number of alkyl halides is 3. The lowest BCUT2D eigenvalue weighted by molar-refractivity contribution is -0.137. The van der Waals surface area contributed by atoms with Gasteiger partial charge in [-0.1, -0.05) is 17.7 Å². The Balaban J connectivity index is 2.09. The van der Waals surface area contributed by atoms with E-state index in [2.05, 4.69) is 9.97 Å². The van der Waals surface area contributed by atoms with Crippen molar-refractivity contribution < 1.29 is 22.6 Å². The van der Waals surface area contributed by atoms with Crippen LogP contribution in [0.3, 0.4) is 0 Å². The maximum absolute atomic E-state index is 13.2. The molecule has 0 aliphatic rings. The number of nitrogens with one attached hydrogen (secondary N) is 1. The van der Waals surface area contributed by atoms with E-state index in [9.17, 15) is 13.2 Å². The topological polar surface area (TPSA) is 50.4 Å². The number of halogens is 4. The summed E-state index contributed by atoms with van der Waals surface area (Å²) in [5.41, 5.74) is 0.183. The summed E-state index contributed by atoms with van der Waals surface area (Å²) in [6.07, 6.45) is -4.56. The van der Waals surface area contributed by atoms with Crippen molar-refractivity contribution in [2.45, 2.75) is 13.1 Å². The van der Waals surface area contributed by atoms with Crippen LogP contribution in [0.5, 0.6) is 11.5 Å². The third-order valence-corrected chi connectivity index (χ3v) is 4.51. The molecular formula is C20H21ClF3N3O2. The fourth-order valence-electron chi connectivity index (χ4n) is 2.85. The van der Waals surface area contributed by atoms with Crippen LogP contribution in [0.1, 0.15) is 12.5 Å². The molecule has 0 unspecified atom stereocenters. The zero-order valence-electron chi connectivity index (χ0n) is 16.2. The number of ether oxygens (including phenoxy) is 2. The van der Waals surface area contributed by atoms with Gasteiger partial charge < -0.3 is 19.4 Å². The van der Waals surface area contributed by atoms with Gasteiger partial charge in [0, 0.05) is 6.54 Å². The number of aromatic amines is 1. The van der Waals surface area contributed by atoms with E-state index in [-0.39, 0.29) is 5.52 Å². The van der Waals surface area contributed by atoms with Crippen LogP contribution in [0.15, 0.2) is 30.3 Å². The molecule has 0 aliphatic heterocycles. The molecule has 0 radical (unpaired) electrons. The molecule has 5 nitrogen and oxygen atoms in total. The smallest absolute Gasteiger partial charge is 0.417 e. The number of fused-ring (bicyclic) bond motifs is 1. The quantitative estimate of drug-likeness (QED) is 0.560. The minimum absolute atomic E-state index is 0.224. The second-order valence-electron chi connectivity index (χ2n) is 6.65. The standard InChI is InChI=1S/C20H21ClF3N3O2/c1-4-28-16-6-5-7-17(29-9-8-27(2)3)18(16)19-25-14-10-12(20(22,23)24)13(21)11-15(14)26-19/h5-7,10-11H,4,8-9H2,1-3H3,(H,25,26). The Hall–Kier alpha value is -2.45. The van der Waals surface area contributed by atoms with Gasteiger partial charge in [-0.2, -0.15) is 13.2 Å².